The third-order valence-corrected chi connectivity index (χ3v) is 3.93. The van der Waals surface area contributed by atoms with Crippen molar-refractivity contribution in [3.05, 3.63) is 71.1 Å². The van der Waals surface area contributed by atoms with E-state index in [9.17, 15) is 4.39 Å². The summed E-state index contributed by atoms with van der Waals surface area (Å²) in [5.74, 6) is 1.53. The third kappa shape index (κ3) is 4.83. The van der Waals surface area contributed by atoms with Gasteiger partial charge in [0.05, 0.1) is 12.8 Å². The van der Waals surface area contributed by atoms with Crippen molar-refractivity contribution in [2.75, 3.05) is 24.3 Å². The molecule has 0 fully saturated rings. The molecule has 0 aliphatic heterocycles. The van der Waals surface area contributed by atoms with E-state index in [0.717, 1.165) is 12.0 Å². The number of nitrogens with one attached hydrogen (secondary N) is 2. The molecule has 1 heterocycles. The van der Waals surface area contributed by atoms with Crippen LogP contribution in [0.15, 0.2) is 54.7 Å². The summed E-state index contributed by atoms with van der Waals surface area (Å²) in [5.41, 5.74) is 1.73. The molecule has 26 heavy (non-hydrogen) atoms. The molecule has 3 rings (SSSR count). The van der Waals surface area contributed by atoms with Crippen molar-refractivity contribution in [2.45, 2.75) is 6.42 Å². The van der Waals surface area contributed by atoms with E-state index >= 15 is 0 Å². The quantitative estimate of drug-likeness (QED) is 0.630. The average Bonchev–Trinajstić information content (AvgIpc) is 2.64. The molecule has 0 aliphatic rings. The molecule has 0 atom stereocenters. The maximum Gasteiger partial charge on any atom is 0.229 e. The van der Waals surface area contributed by atoms with Crippen molar-refractivity contribution < 1.29 is 9.13 Å². The van der Waals surface area contributed by atoms with Gasteiger partial charge in [-0.05, 0) is 48.4 Å². The highest BCUT2D eigenvalue weighted by Gasteiger charge is 2.06. The van der Waals surface area contributed by atoms with Crippen molar-refractivity contribution in [3.8, 4) is 5.75 Å². The molecule has 134 valence electrons. The highest BCUT2D eigenvalue weighted by molar-refractivity contribution is 6.31. The molecule has 3 aromatic rings. The van der Waals surface area contributed by atoms with Gasteiger partial charge in [0.25, 0.3) is 0 Å². The third-order valence-electron chi connectivity index (χ3n) is 3.70. The summed E-state index contributed by atoms with van der Waals surface area (Å²) in [6, 6.07) is 13.5. The van der Waals surface area contributed by atoms with Crippen LogP contribution in [0, 0.1) is 5.82 Å². The molecule has 0 saturated heterocycles. The first-order valence-corrected chi connectivity index (χ1v) is 8.44. The number of anilines is 3. The van der Waals surface area contributed by atoms with Crippen LogP contribution in [0.2, 0.25) is 5.02 Å². The fraction of sp³-hybridized carbons (Fsp3) is 0.158. The van der Waals surface area contributed by atoms with E-state index < -0.39 is 0 Å². The number of nitrogens with zero attached hydrogens (tertiary/aromatic N) is 2. The number of aromatic nitrogens is 2. The largest absolute Gasteiger partial charge is 0.495 e. The van der Waals surface area contributed by atoms with E-state index in [1.54, 1.807) is 49.7 Å². The maximum absolute atomic E-state index is 12.9. The molecule has 0 radical (unpaired) electrons. The Bertz CT molecular complexity index is 874. The number of hydrogen-bond acceptors (Lipinski definition) is 5. The van der Waals surface area contributed by atoms with E-state index in [-0.39, 0.29) is 5.82 Å². The normalized spacial score (nSPS) is 10.4. The van der Waals surface area contributed by atoms with E-state index in [4.69, 9.17) is 16.3 Å². The molecule has 0 amide bonds. The van der Waals surface area contributed by atoms with Gasteiger partial charge < -0.3 is 15.4 Å². The number of rotatable bonds is 7. The lowest BCUT2D eigenvalue weighted by Crippen LogP contribution is -2.08. The zero-order valence-electron chi connectivity index (χ0n) is 14.2. The fourth-order valence-corrected chi connectivity index (χ4v) is 2.57. The van der Waals surface area contributed by atoms with Gasteiger partial charge in [0, 0.05) is 17.8 Å². The molecule has 2 N–H and O–H groups in total. The molecular weight excluding hydrogens is 355 g/mol. The average molecular weight is 373 g/mol. The first-order chi connectivity index (χ1) is 12.6. The van der Waals surface area contributed by atoms with Gasteiger partial charge in [-0.1, -0.05) is 23.7 Å². The summed E-state index contributed by atoms with van der Waals surface area (Å²) in [7, 11) is 1.59. The molecular formula is C19H18ClFN4O. The van der Waals surface area contributed by atoms with Crippen LogP contribution in [0.25, 0.3) is 0 Å². The Kier molecular flexibility index (Phi) is 5.86. The standard InChI is InChI=1S/C19H18ClFN4O/c1-26-17-7-4-14(20)12-16(17)24-19-23-11-9-18(25-19)22-10-8-13-2-5-15(21)6-3-13/h2-7,9,11-12H,8,10H2,1H3,(H2,22,23,24,25). The van der Waals surface area contributed by atoms with Crippen LogP contribution in [-0.2, 0) is 6.42 Å². The van der Waals surface area contributed by atoms with E-state index in [2.05, 4.69) is 20.6 Å². The minimum atomic E-state index is -0.232. The smallest absolute Gasteiger partial charge is 0.229 e. The van der Waals surface area contributed by atoms with Crippen LogP contribution in [0.5, 0.6) is 5.75 Å². The molecule has 0 bridgehead atoms. The second-order valence-electron chi connectivity index (χ2n) is 5.54. The van der Waals surface area contributed by atoms with E-state index in [0.29, 0.717) is 34.8 Å². The Hall–Kier alpha value is -2.86. The summed E-state index contributed by atoms with van der Waals surface area (Å²) in [6.45, 7) is 0.669. The van der Waals surface area contributed by atoms with Gasteiger partial charge in [0.15, 0.2) is 0 Å². The second kappa shape index (κ2) is 8.49. The number of benzene rings is 2. The van der Waals surface area contributed by atoms with Gasteiger partial charge in [0.2, 0.25) is 5.95 Å². The van der Waals surface area contributed by atoms with Gasteiger partial charge in [-0.15, -0.1) is 0 Å². The van der Waals surface area contributed by atoms with Crippen molar-refractivity contribution >= 4 is 29.1 Å². The Labute approximate surface area is 156 Å². The predicted octanol–water partition coefficient (Wildman–Crippen LogP) is 4.68. The molecule has 1 aromatic heterocycles. The fourth-order valence-electron chi connectivity index (χ4n) is 2.40. The Morgan fingerprint density at radius 1 is 1.12 bits per heavy atom. The first-order valence-electron chi connectivity index (χ1n) is 8.06. The molecule has 0 saturated carbocycles. The van der Waals surface area contributed by atoms with Crippen molar-refractivity contribution in [3.63, 3.8) is 0 Å². The van der Waals surface area contributed by atoms with Gasteiger partial charge in [0.1, 0.15) is 17.4 Å². The summed E-state index contributed by atoms with van der Waals surface area (Å²) < 4.78 is 18.2. The number of methoxy groups -OCH3 is 1. The van der Waals surface area contributed by atoms with Crippen LogP contribution in [0.1, 0.15) is 5.56 Å². The van der Waals surface area contributed by atoms with E-state index in [1.165, 1.54) is 12.1 Å². The minimum Gasteiger partial charge on any atom is -0.495 e. The summed E-state index contributed by atoms with van der Waals surface area (Å²) in [5, 5.41) is 6.92. The lowest BCUT2D eigenvalue weighted by Gasteiger charge is -2.11. The molecule has 0 aliphatic carbocycles. The Balaban J connectivity index is 1.63. The zero-order valence-corrected chi connectivity index (χ0v) is 14.9. The van der Waals surface area contributed by atoms with Crippen LogP contribution in [-0.4, -0.2) is 23.6 Å². The predicted molar refractivity (Wildman–Crippen MR) is 102 cm³/mol. The summed E-state index contributed by atoms with van der Waals surface area (Å²) in [4.78, 5) is 8.64. The van der Waals surface area contributed by atoms with Crippen LogP contribution in [0.3, 0.4) is 0 Å². The molecule has 0 unspecified atom stereocenters. The van der Waals surface area contributed by atoms with Gasteiger partial charge in [-0.3, -0.25) is 0 Å². The molecule has 0 spiro atoms. The Morgan fingerprint density at radius 2 is 1.92 bits per heavy atom. The lowest BCUT2D eigenvalue weighted by atomic mass is 10.1. The van der Waals surface area contributed by atoms with E-state index in [1.807, 2.05) is 0 Å². The second-order valence-corrected chi connectivity index (χ2v) is 5.97. The number of halogens is 2. The number of hydrogen-bond donors (Lipinski definition) is 2. The van der Waals surface area contributed by atoms with Gasteiger partial charge in [-0.2, -0.15) is 4.98 Å². The number of ether oxygens (including phenoxy) is 1. The molecule has 2 aromatic carbocycles. The molecule has 7 heteroatoms. The monoisotopic (exact) mass is 372 g/mol. The van der Waals surface area contributed by atoms with Crippen LogP contribution >= 0.6 is 11.6 Å². The van der Waals surface area contributed by atoms with Crippen molar-refractivity contribution in [1.29, 1.82) is 0 Å². The zero-order chi connectivity index (χ0) is 18.4. The van der Waals surface area contributed by atoms with Gasteiger partial charge >= 0.3 is 0 Å². The summed E-state index contributed by atoms with van der Waals surface area (Å²) >= 11 is 6.04. The van der Waals surface area contributed by atoms with Crippen molar-refractivity contribution in [2.24, 2.45) is 0 Å². The van der Waals surface area contributed by atoms with Crippen LogP contribution < -0.4 is 15.4 Å². The minimum absolute atomic E-state index is 0.232. The van der Waals surface area contributed by atoms with Crippen molar-refractivity contribution in [1.82, 2.24) is 9.97 Å². The lowest BCUT2D eigenvalue weighted by molar-refractivity contribution is 0.417. The maximum atomic E-state index is 12.9. The van der Waals surface area contributed by atoms with Crippen LogP contribution in [0.4, 0.5) is 21.8 Å². The highest BCUT2D eigenvalue weighted by atomic mass is 35.5. The topological polar surface area (TPSA) is 59.1 Å². The SMILES string of the molecule is COc1ccc(Cl)cc1Nc1nccc(NCCc2ccc(F)cc2)n1. The summed E-state index contributed by atoms with van der Waals surface area (Å²) in [6.07, 6.45) is 2.42. The molecule has 5 nitrogen and oxygen atoms in total. The first kappa shape index (κ1) is 17.9. The van der Waals surface area contributed by atoms with Gasteiger partial charge in [-0.25, -0.2) is 9.37 Å². The Morgan fingerprint density at radius 3 is 2.69 bits per heavy atom. The highest BCUT2D eigenvalue weighted by Crippen LogP contribution is 2.29.